The van der Waals surface area contributed by atoms with Crippen LogP contribution < -0.4 is 4.74 Å². The lowest BCUT2D eigenvalue weighted by Gasteiger charge is -2.16. The number of carboxylic acid groups (broad SMARTS) is 1. The topological polar surface area (TPSA) is 46.5 Å². The number of carboxylic acids is 1. The third kappa shape index (κ3) is 2.75. The number of aryl methyl sites for hydroxylation is 2. The first-order valence-corrected chi connectivity index (χ1v) is 5.32. The van der Waals surface area contributed by atoms with E-state index in [0.29, 0.717) is 0 Å². The second-order valence-electron chi connectivity index (χ2n) is 4.18. The number of hydrogen-bond donors (Lipinski definition) is 1. The Morgan fingerprint density at radius 3 is 2.44 bits per heavy atom. The molecule has 3 nitrogen and oxygen atoms in total. The number of methoxy groups -OCH3 is 1. The molecule has 0 bridgehead atoms. The van der Waals surface area contributed by atoms with E-state index in [-0.39, 0.29) is 12.3 Å². The van der Waals surface area contributed by atoms with Crippen molar-refractivity contribution in [1.29, 1.82) is 0 Å². The first kappa shape index (κ1) is 12.6. The number of rotatable bonds is 4. The molecule has 0 aliphatic carbocycles. The van der Waals surface area contributed by atoms with Crippen LogP contribution in [0.25, 0.3) is 0 Å². The van der Waals surface area contributed by atoms with Crippen LogP contribution in [0, 0.1) is 13.8 Å². The van der Waals surface area contributed by atoms with Crippen LogP contribution in [0.1, 0.15) is 36.0 Å². The van der Waals surface area contributed by atoms with Crippen molar-refractivity contribution in [2.24, 2.45) is 0 Å². The number of ether oxygens (including phenoxy) is 1. The van der Waals surface area contributed by atoms with Gasteiger partial charge in [0.1, 0.15) is 5.75 Å². The van der Waals surface area contributed by atoms with Crippen LogP contribution in [-0.4, -0.2) is 18.2 Å². The molecule has 1 N–H and O–H groups in total. The minimum Gasteiger partial charge on any atom is -0.496 e. The molecule has 1 aromatic carbocycles. The fourth-order valence-corrected chi connectivity index (χ4v) is 1.75. The van der Waals surface area contributed by atoms with E-state index in [2.05, 4.69) is 0 Å². The molecule has 0 aliphatic rings. The van der Waals surface area contributed by atoms with E-state index in [1.54, 1.807) is 7.11 Å². The summed E-state index contributed by atoms with van der Waals surface area (Å²) in [6, 6.07) is 3.98. The Labute approximate surface area is 96.1 Å². The van der Waals surface area contributed by atoms with E-state index in [1.165, 1.54) is 0 Å². The van der Waals surface area contributed by atoms with Crippen LogP contribution >= 0.6 is 0 Å². The molecule has 0 saturated carbocycles. The van der Waals surface area contributed by atoms with Gasteiger partial charge in [-0.05, 0) is 42.5 Å². The highest BCUT2D eigenvalue weighted by Crippen LogP contribution is 2.31. The molecule has 0 radical (unpaired) electrons. The van der Waals surface area contributed by atoms with Crippen molar-refractivity contribution in [3.63, 3.8) is 0 Å². The SMILES string of the molecule is COc1cc(C)c(C)cc1C(C)CC(=O)O. The smallest absolute Gasteiger partial charge is 0.303 e. The zero-order chi connectivity index (χ0) is 12.3. The quantitative estimate of drug-likeness (QED) is 0.852. The Morgan fingerprint density at radius 1 is 1.38 bits per heavy atom. The summed E-state index contributed by atoms with van der Waals surface area (Å²) in [6.07, 6.45) is 0.124. The number of aliphatic carboxylic acids is 1. The fraction of sp³-hybridized carbons (Fsp3) is 0.462. The summed E-state index contributed by atoms with van der Waals surface area (Å²) >= 11 is 0. The predicted octanol–water partition coefficient (Wildman–Crippen LogP) is 2.89. The molecule has 16 heavy (non-hydrogen) atoms. The molecule has 0 fully saturated rings. The Bertz CT molecular complexity index is 396. The monoisotopic (exact) mass is 222 g/mol. The third-order valence-electron chi connectivity index (χ3n) is 2.86. The molecule has 3 heteroatoms. The molecule has 0 saturated heterocycles. The molecule has 0 aliphatic heterocycles. The summed E-state index contributed by atoms with van der Waals surface area (Å²) in [4.78, 5) is 10.7. The average molecular weight is 222 g/mol. The minimum atomic E-state index is -0.784. The highest BCUT2D eigenvalue weighted by Gasteiger charge is 2.15. The van der Waals surface area contributed by atoms with E-state index in [0.717, 1.165) is 22.4 Å². The van der Waals surface area contributed by atoms with Crippen LogP contribution in [0.2, 0.25) is 0 Å². The van der Waals surface area contributed by atoms with E-state index < -0.39 is 5.97 Å². The molecule has 88 valence electrons. The maximum Gasteiger partial charge on any atom is 0.303 e. The van der Waals surface area contributed by atoms with Crippen molar-refractivity contribution in [2.45, 2.75) is 33.1 Å². The van der Waals surface area contributed by atoms with Gasteiger partial charge in [0.2, 0.25) is 0 Å². The van der Waals surface area contributed by atoms with Crippen LogP contribution in [0.3, 0.4) is 0 Å². The van der Waals surface area contributed by atoms with Gasteiger partial charge < -0.3 is 9.84 Å². The van der Waals surface area contributed by atoms with Crippen LogP contribution in [0.15, 0.2) is 12.1 Å². The van der Waals surface area contributed by atoms with Gasteiger partial charge in [0.25, 0.3) is 0 Å². The Kier molecular flexibility index (Phi) is 3.93. The maximum atomic E-state index is 10.7. The standard InChI is InChI=1S/C13H18O3/c1-8-5-11(10(3)7-13(14)15)12(16-4)6-9(8)2/h5-6,10H,7H2,1-4H3,(H,14,15). The van der Waals surface area contributed by atoms with Crippen molar-refractivity contribution in [3.05, 3.63) is 28.8 Å². The van der Waals surface area contributed by atoms with Crippen molar-refractivity contribution in [1.82, 2.24) is 0 Å². The Morgan fingerprint density at radius 2 is 1.94 bits per heavy atom. The van der Waals surface area contributed by atoms with E-state index in [4.69, 9.17) is 9.84 Å². The summed E-state index contributed by atoms with van der Waals surface area (Å²) in [5.41, 5.74) is 3.28. The van der Waals surface area contributed by atoms with Gasteiger partial charge in [-0.1, -0.05) is 13.0 Å². The summed E-state index contributed by atoms with van der Waals surface area (Å²) in [6.45, 7) is 5.94. The molecule has 1 atom stereocenters. The number of benzene rings is 1. The number of hydrogen-bond acceptors (Lipinski definition) is 2. The van der Waals surface area contributed by atoms with Gasteiger partial charge in [-0.25, -0.2) is 0 Å². The van der Waals surface area contributed by atoms with Gasteiger partial charge in [0.05, 0.1) is 13.5 Å². The Balaban J connectivity index is 3.10. The lowest BCUT2D eigenvalue weighted by Crippen LogP contribution is -2.05. The zero-order valence-corrected chi connectivity index (χ0v) is 10.2. The zero-order valence-electron chi connectivity index (χ0n) is 10.2. The van der Waals surface area contributed by atoms with Crippen molar-refractivity contribution in [2.75, 3.05) is 7.11 Å². The van der Waals surface area contributed by atoms with Gasteiger partial charge in [0, 0.05) is 0 Å². The molecule has 1 aromatic rings. The molecule has 0 heterocycles. The van der Waals surface area contributed by atoms with Gasteiger partial charge in [-0.15, -0.1) is 0 Å². The average Bonchev–Trinajstić information content (AvgIpc) is 2.20. The highest BCUT2D eigenvalue weighted by molar-refractivity contribution is 5.68. The van der Waals surface area contributed by atoms with Crippen LogP contribution in [0.5, 0.6) is 5.75 Å². The minimum absolute atomic E-state index is 0.0354. The third-order valence-corrected chi connectivity index (χ3v) is 2.86. The van der Waals surface area contributed by atoms with E-state index in [1.807, 2.05) is 32.9 Å². The van der Waals surface area contributed by atoms with Crippen molar-refractivity contribution in [3.8, 4) is 5.75 Å². The first-order valence-electron chi connectivity index (χ1n) is 5.32. The van der Waals surface area contributed by atoms with Crippen molar-refractivity contribution < 1.29 is 14.6 Å². The van der Waals surface area contributed by atoms with E-state index >= 15 is 0 Å². The molecular weight excluding hydrogens is 204 g/mol. The lowest BCUT2D eigenvalue weighted by atomic mass is 9.93. The molecule has 1 unspecified atom stereocenters. The highest BCUT2D eigenvalue weighted by atomic mass is 16.5. The predicted molar refractivity (Wildman–Crippen MR) is 63.1 cm³/mol. The second kappa shape index (κ2) is 5.01. The van der Waals surface area contributed by atoms with Crippen molar-refractivity contribution >= 4 is 5.97 Å². The van der Waals surface area contributed by atoms with Crippen LogP contribution in [0.4, 0.5) is 0 Å². The normalized spacial score (nSPS) is 12.2. The molecule has 0 aromatic heterocycles. The molecule has 0 spiro atoms. The molecular formula is C13H18O3. The number of carbonyl (C=O) groups is 1. The molecule has 1 rings (SSSR count). The van der Waals surface area contributed by atoms with Gasteiger partial charge in [-0.3, -0.25) is 4.79 Å². The maximum absolute atomic E-state index is 10.7. The lowest BCUT2D eigenvalue weighted by molar-refractivity contribution is -0.137. The van der Waals surface area contributed by atoms with Gasteiger partial charge in [-0.2, -0.15) is 0 Å². The second-order valence-corrected chi connectivity index (χ2v) is 4.18. The molecule has 0 amide bonds. The Hall–Kier alpha value is -1.51. The summed E-state index contributed by atoms with van der Waals surface area (Å²) < 4.78 is 5.29. The summed E-state index contributed by atoms with van der Waals surface area (Å²) in [5, 5.41) is 8.79. The van der Waals surface area contributed by atoms with Crippen LogP contribution in [-0.2, 0) is 4.79 Å². The van der Waals surface area contributed by atoms with Gasteiger partial charge in [0.15, 0.2) is 0 Å². The first-order chi connectivity index (χ1) is 7.45. The largest absolute Gasteiger partial charge is 0.496 e. The van der Waals surface area contributed by atoms with Gasteiger partial charge >= 0.3 is 5.97 Å². The fourth-order valence-electron chi connectivity index (χ4n) is 1.75. The summed E-state index contributed by atoms with van der Waals surface area (Å²) in [5.74, 6) is -0.0450. The summed E-state index contributed by atoms with van der Waals surface area (Å²) in [7, 11) is 1.61. The van der Waals surface area contributed by atoms with E-state index in [9.17, 15) is 4.79 Å².